The van der Waals surface area contributed by atoms with Gasteiger partial charge in [-0.2, -0.15) is 0 Å². The molecule has 0 bridgehead atoms. The number of aryl methyl sites for hydroxylation is 1. The van der Waals surface area contributed by atoms with Crippen molar-refractivity contribution in [3.63, 3.8) is 0 Å². The molecule has 0 heterocycles. The summed E-state index contributed by atoms with van der Waals surface area (Å²) in [6.07, 6.45) is 0.644. The summed E-state index contributed by atoms with van der Waals surface area (Å²) in [6.45, 7) is 8.52. The van der Waals surface area contributed by atoms with Crippen molar-refractivity contribution < 1.29 is 4.39 Å². The third-order valence-electron chi connectivity index (χ3n) is 3.83. The van der Waals surface area contributed by atoms with Crippen LogP contribution < -0.4 is 5.73 Å². The van der Waals surface area contributed by atoms with Crippen LogP contribution in [0.1, 0.15) is 49.1 Å². The van der Waals surface area contributed by atoms with Crippen LogP contribution in [0.2, 0.25) is 0 Å². The number of halogens is 1. The van der Waals surface area contributed by atoms with Gasteiger partial charge in [-0.05, 0) is 36.0 Å². The number of hydrogen-bond acceptors (Lipinski definition) is 1. The van der Waals surface area contributed by atoms with Gasteiger partial charge in [-0.1, -0.05) is 62.7 Å². The number of rotatable bonds is 3. The molecule has 2 aromatic rings. The minimum Gasteiger partial charge on any atom is -0.324 e. The third-order valence-corrected chi connectivity index (χ3v) is 3.83. The van der Waals surface area contributed by atoms with Gasteiger partial charge in [-0.25, -0.2) is 4.39 Å². The van der Waals surface area contributed by atoms with Crippen molar-refractivity contribution in [2.45, 2.75) is 45.6 Å². The van der Waals surface area contributed by atoms with Gasteiger partial charge in [0.15, 0.2) is 0 Å². The van der Waals surface area contributed by atoms with E-state index in [0.29, 0.717) is 12.0 Å². The van der Waals surface area contributed by atoms with Crippen LogP contribution in [0.25, 0.3) is 0 Å². The van der Waals surface area contributed by atoms with Crippen LogP contribution in [0.5, 0.6) is 0 Å². The molecule has 1 unspecified atom stereocenters. The lowest BCUT2D eigenvalue weighted by molar-refractivity contribution is 0.578. The quantitative estimate of drug-likeness (QED) is 0.871. The van der Waals surface area contributed by atoms with Gasteiger partial charge < -0.3 is 5.73 Å². The summed E-state index contributed by atoms with van der Waals surface area (Å²) in [7, 11) is 0. The number of benzene rings is 2. The van der Waals surface area contributed by atoms with E-state index >= 15 is 0 Å². The minimum absolute atomic E-state index is 0.142. The first-order valence-corrected chi connectivity index (χ1v) is 7.38. The minimum atomic E-state index is -0.314. The van der Waals surface area contributed by atoms with Crippen molar-refractivity contribution in [3.8, 4) is 0 Å². The predicted molar refractivity (Wildman–Crippen MR) is 86.9 cm³/mol. The van der Waals surface area contributed by atoms with E-state index in [9.17, 15) is 4.39 Å². The van der Waals surface area contributed by atoms with E-state index in [1.165, 1.54) is 11.6 Å². The van der Waals surface area contributed by atoms with Gasteiger partial charge in [-0.15, -0.1) is 0 Å². The lowest BCUT2D eigenvalue weighted by atomic mass is 9.86. The Hall–Kier alpha value is -1.67. The maximum absolute atomic E-state index is 13.9. The Morgan fingerprint density at radius 2 is 1.67 bits per heavy atom. The Balaban J connectivity index is 2.16. The lowest BCUT2D eigenvalue weighted by Gasteiger charge is -2.20. The maximum atomic E-state index is 13.9. The van der Waals surface area contributed by atoms with Gasteiger partial charge in [-0.3, -0.25) is 0 Å². The summed E-state index contributed by atoms with van der Waals surface area (Å²) in [6, 6.07) is 13.2. The summed E-state index contributed by atoms with van der Waals surface area (Å²) in [5.41, 5.74) is 10.4. The molecule has 0 radical (unpaired) electrons. The van der Waals surface area contributed by atoms with Crippen molar-refractivity contribution >= 4 is 0 Å². The van der Waals surface area contributed by atoms with Crippen LogP contribution in [0, 0.1) is 12.7 Å². The van der Waals surface area contributed by atoms with Crippen molar-refractivity contribution in [2.24, 2.45) is 5.73 Å². The SMILES string of the molecule is Cc1ccc(F)c(C(N)Cc2ccc(C(C)(C)C)cc2)c1. The Morgan fingerprint density at radius 3 is 2.24 bits per heavy atom. The summed E-state index contributed by atoms with van der Waals surface area (Å²) in [4.78, 5) is 0. The molecule has 0 aliphatic rings. The van der Waals surface area contributed by atoms with Crippen molar-refractivity contribution in [1.82, 2.24) is 0 Å². The topological polar surface area (TPSA) is 26.0 Å². The van der Waals surface area contributed by atoms with Crippen molar-refractivity contribution in [3.05, 3.63) is 70.5 Å². The van der Waals surface area contributed by atoms with E-state index in [2.05, 4.69) is 45.0 Å². The second kappa shape index (κ2) is 5.98. The Morgan fingerprint density at radius 1 is 1.05 bits per heavy atom. The molecule has 0 aliphatic heterocycles. The molecule has 0 aliphatic carbocycles. The van der Waals surface area contributed by atoms with E-state index < -0.39 is 0 Å². The van der Waals surface area contributed by atoms with Crippen LogP contribution in [-0.4, -0.2) is 0 Å². The normalized spacial score (nSPS) is 13.2. The van der Waals surface area contributed by atoms with Crippen LogP contribution in [-0.2, 0) is 11.8 Å². The first-order chi connectivity index (χ1) is 9.77. The Labute approximate surface area is 127 Å². The zero-order chi connectivity index (χ0) is 15.6. The highest BCUT2D eigenvalue weighted by Crippen LogP contribution is 2.24. The third kappa shape index (κ3) is 3.92. The summed E-state index contributed by atoms with van der Waals surface area (Å²) >= 11 is 0. The molecule has 2 rings (SSSR count). The molecule has 21 heavy (non-hydrogen) atoms. The average molecular weight is 285 g/mol. The Bertz CT molecular complexity index is 608. The number of hydrogen-bond donors (Lipinski definition) is 1. The van der Waals surface area contributed by atoms with Crippen molar-refractivity contribution in [2.75, 3.05) is 0 Å². The first-order valence-electron chi connectivity index (χ1n) is 7.38. The maximum Gasteiger partial charge on any atom is 0.128 e. The molecule has 112 valence electrons. The van der Waals surface area contributed by atoms with Crippen LogP contribution in [0.15, 0.2) is 42.5 Å². The fourth-order valence-corrected chi connectivity index (χ4v) is 2.45. The monoisotopic (exact) mass is 285 g/mol. The van der Waals surface area contributed by atoms with E-state index in [-0.39, 0.29) is 17.3 Å². The average Bonchev–Trinajstić information content (AvgIpc) is 2.41. The van der Waals surface area contributed by atoms with Crippen LogP contribution >= 0.6 is 0 Å². The molecule has 0 aromatic heterocycles. The molecular weight excluding hydrogens is 261 g/mol. The second-order valence-corrected chi connectivity index (χ2v) is 6.78. The smallest absolute Gasteiger partial charge is 0.128 e. The highest BCUT2D eigenvalue weighted by molar-refractivity contribution is 5.31. The lowest BCUT2D eigenvalue weighted by Crippen LogP contribution is -2.16. The largest absolute Gasteiger partial charge is 0.324 e. The molecule has 0 amide bonds. The highest BCUT2D eigenvalue weighted by Gasteiger charge is 2.15. The molecule has 0 saturated carbocycles. The summed E-state index contributed by atoms with van der Waals surface area (Å²) < 4.78 is 13.9. The van der Waals surface area contributed by atoms with Crippen LogP contribution in [0.3, 0.4) is 0 Å². The molecule has 0 fully saturated rings. The van der Waals surface area contributed by atoms with Gasteiger partial charge in [0.25, 0.3) is 0 Å². The summed E-state index contributed by atoms with van der Waals surface area (Å²) in [5.74, 6) is -0.223. The molecule has 0 saturated heterocycles. The fourth-order valence-electron chi connectivity index (χ4n) is 2.45. The van der Waals surface area contributed by atoms with Gasteiger partial charge in [0.1, 0.15) is 5.82 Å². The molecule has 2 heteroatoms. The first kappa shape index (κ1) is 15.7. The van der Waals surface area contributed by atoms with Crippen molar-refractivity contribution in [1.29, 1.82) is 0 Å². The molecular formula is C19H24FN. The second-order valence-electron chi connectivity index (χ2n) is 6.78. The molecule has 0 spiro atoms. The fraction of sp³-hybridized carbons (Fsp3) is 0.368. The van der Waals surface area contributed by atoms with Crippen LogP contribution in [0.4, 0.5) is 4.39 Å². The highest BCUT2D eigenvalue weighted by atomic mass is 19.1. The zero-order valence-electron chi connectivity index (χ0n) is 13.3. The van der Waals surface area contributed by atoms with Gasteiger partial charge >= 0.3 is 0 Å². The van der Waals surface area contributed by atoms with E-state index in [1.54, 1.807) is 6.07 Å². The molecule has 1 nitrogen and oxygen atoms in total. The standard InChI is InChI=1S/C19H24FN/c1-13-5-10-17(20)16(11-13)18(21)12-14-6-8-15(9-7-14)19(2,3)4/h5-11,18H,12,21H2,1-4H3. The zero-order valence-corrected chi connectivity index (χ0v) is 13.3. The molecule has 2 N–H and O–H groups in total. The Kier molecular flexibility index (Phi) is 4.48. The van der Waals surface area contributed by atoms with E-state index in [0.717, 1.165) is 11.1 Å². The van der Waals surface area contributed by atoms with Gasteiger partial charge in [0, 0.05) is 11.6 Å². The molecule has 2 aromatic carbocycles. The van der Waals surface area contributed by atoms with Gasteiger partial charge in [0.2, 0.25) is 0 Å². The van der Waals surface area contributed by atoms with Gasteiger partial charge in [0.05, 0.1) is 0 Å². The predicted octanol–water partition coefficient (Wildman–Crippen LogP) is 4.67. The molecule has 1 atom stereocenters. The number of nitrogens with two attached hydrogens (primary N) is 1. The summed E-state index contributed by atoms with van der Waals surface area (Å²) in [5, 5.41) is 0. The van der Waals surface area contributed by atoms with E-state index in [1.807, 2.05) is 13.0 Å². The van der Waals surface area contributed by atoms with E-state index in [4.69, 9.17) is 5.73 Å².